The molecule has 0 aromatic heterocycles. The van der Waals surface area contributed by atoms with Gasteiger partial charge in [0, 0.05) is 18.4 Å². The minimum absolute atomic E-state index is 0.0739. The van der Waals surface area contributed by atoms with E-state index in [0.29, 0.717) is 0 Å². The standard InChI is InChI=1S/C17H26FNO2S/c1-21-16(14-6-8-15(18)9-7-14)17(10-3-2-4-11-17)19-12-5-13-22-20/h6-9,16,19-20H,2-5,10-13H2,1H3. The fraction of sp³-hybridized carbons (Fsp3) is 0.647. The molecule has 0 spiro atoms. The largest absolute Gasteiger partial charge is 0.375 e. The molecule has 1 saturated carbocycles. The molecule has 0 aliphatic heterocycles. The topological polar surface area (TPSA) is 41.5 Å². The van der Waals surface area contributed by atoms with Crippen molar-refractivity contribution in [3.8, 4) is 0 Å². The van der Waals surface area contributed by atoms with Crippen LogP contribution in [0, 0.1) is 5.82 Å². The summed E-state index contributed by atoms with van der Waals surface area (Å²) in [5, 5.41) is 3.69. The van der Waals surface area contributed by atoms with Crippen molar-refractivity contribution in [3.63, 3.8) is 0 Å². The number of benzene rings is 1. The molecule has 1 unspecified atom stereocenters. The van der Waals surface area contributed by atoms with E-state index in [1.165, 1.54) is 31.4 Å². The van der Waals surface area contributed by atoms with Crippen LogP contribution in [-0.4, -0.2) is 29.5 Å². The van der Waals surface area contributed by atoms with Gasteiger partial charge >= 0.3 is 0 Å². The van der Waals surface area contributed by atoms with Gasteiger partial charge < -0.3 is 14.6 Å². The minimum atomic E-state index is -0.218. The Hall–Kier alpha value is -0.620. The molecule has 2 rings (SSSR count). The van der Waals surface area contributed by atoms with Crippen LogP contribution < -0.4 is 5.32 Å². The number of ether oxygens (including phenoxy) is 1. The van der Waals surface area contributed by atoms with Crippen LogP contribution in [0.1, 0.15) is 50.2 Å². The zero-order valence-corrected chi connectivity index (χ0v) is 14.0. The minimum Gasteiger partial charge on any atom is -0.375 e. The zero-order valence-electron chi connectivity index (χ0n) is 13.2. The van der Waals surface area contributed by atoms with E-state index in [0.717, 1.165) is 49.2 Å². The summed E-state index contributed by atoms with van der Waals surface area (Å²) in [6, 6.07) is 6.65. The smallest absolute Gasteiger partial charge is 0.123 e. The summed E-state index contributed by atoms with van der Waals surface area (Å²) < 4.78 is 27.9. The summed E-state index contributed by atoms with van der Waals surface area (Å²) in [7, 11) is 1.73. The van der Waals surface area contributed by atoms with Crippen LogP contribution in [-0.2, 0) is 4.74 Å². The van der Waals surface area contributed by atoms with Crippen molar-refractivity contribution in [1.29, 1.82) is 0 Å². The summed E-state index contributed by atoms with van der Waals surface area (Å²) in [6.45, 7) is 0.856. The number of rotatable bonds is 8. The van der Waals surface area contributed by atoms with Gasteiger partial charge in [-0.1, -0.05) is 31.4 Å². The van der Waals surface area contributed by atoms with Gasteiger partial charge in [-0.3, -0.25) is 0 Å². The van der Waals surface area contributed by atoms with Crippen LogP contribution in [0.5, 0.6) is 0 Å². The maximum absolute atomic E-state index is 13.2. The predicted molar refractivity (Wildman–Crippen MR) is 89.7 cm³/mol. The Morgan fingerprint density at radius 3 is 2.55 bits per heavy atom. The Kier molecular flexibility index (Phi) is 7.15. The Morgan fingerprint density at radius 1 is 1.27 bits per heavy atom. The summed E-state index contributed by atoms with van der Waals surface area (Å²) in [5.41, 5.74) is 0.931. The number of halogens is 1. The molecule has 1 aliphatic rings. The lowest BCUT2D eigenvalue weighted by molar-refractivity contribution is -0.00460. The highest BCUT2D eigenvalue weighted by Crippen LogP contribution is 2.40. The van der Waals surface area contributed by atoms with Gasteiger partial charge in [-0.2, -0.15) is 0 Å². The molecule has 1 fully saturated rings. The molecule has 1 aromatic rings. The van der Waals surface area contributed by atoms with Crippen molar-refractivity contribution in [2.75, 3.05) is 19.4 Å². The number of nitrogens with one attached hydrogen (secondary N) is 1. The molecule has 22 heavy (non-hydrogen) atoms. The van der Waals surface area contributed by atoms with Gasteiger partial charge in [0.1, 0.15) is 11.9 Å². The van der Waals surface area contributed by atoms with Crippen LogP contribution in [0.2, 0.25) is 0 Å². The fourth-order valence-corrected chi connectivity index (χ4v) is 3.78. The maximum atomic E-state index is 13.2. The van der Waals surface area contributed by atoms with Crippen molar-refractivity contribution in [2.24, 2.45) is 0 Å². The second kappa shape index (κ2) is 8.87. The van der Waals surface area contributed by atoms with E-state index in [9.17, 15) is 4.39 Å². The first-order valence-electron chi connectivity index (χ1n) is 8.01. The quantitative estimate of drug-likeness (QED) is 0.548. The molecule has 1 atom stereocenters. The number of hydrogen-bond acceptors (Lipinski definition) is 4. The van der Waals surface area contributed by atoms with Crippen molar-refractivity contribution >= 4 is 12.0 Å². The average molecular weight is 327 g/mol. The van der Waals surface area contributed by atoms with Crippen molar-refractivity contribution < 1.29 is 13.7 Å². The van der Waals surface area contributed by atoms with Gasteiger partial charge in [0.2, 0.25) is 0 Å². The first-order valence-corrected chi connectivity index (χ1v) is 8.96. The molecule has 0 radical (unpaired) electrons. The predicted octanol–water partition coefficient (Wildman–Crippen LogP) is 4.40. The van der Waals surface area contributed by atoms with Crippen LogP contribution in [0.3, 0.4) is 0 Å². The second-order valence-corrected chi connectivity index (χ2v) is 6.66. The maximum Gasteiger partial charge on any atom is 0.123 e. The SMILES string of the molecule is COC(c1ccc(F)cc1)C1(NCCCSO)CCCCC1. The fourth-order valence-electron chi connectivity index (χ4n) is 3.51. The van der Waals surface area contributed by atoms with Crippen molar-refractivity contribution in [1.82, 2.24) is 5.32 Å². The molecule has 2 N–H and O–H groups in total. The molecule has 124 valence electrons. The Morgan fingerprint density at radius 2 is 1.95 bits per heavy atom. The first kappa shape index (κ1) is 17.7. The van der Waals surface area contributed by atoms with E-state index >= 15 is 0 Å². The molecule has 0 saturated heterocycles. The molecule has 0 amide bonds. The van der Waals surface area contributed by atoms with E-state index in [-0.39, 0.29) is 17.5 Å². The van der Waals surface area contributed by atoms with Gasteiger partial charge in [-0.05, 0) is 55.5 Å². The Bertz CT molecular complexity index is 435. The van der Waals surface area contributed by atoms with Crippen molar-refractivity contribution in [2.45, 2.75) is 50.2 Å². The van der Waals surface area contributed by atoms with E-state index in [4.69, 9.17) is 9.29 Å². The molecule has 1 aromatic carbocycles. The monoisotopic (exact) mass is 327 g/mol. The molecule has 0 bridgehead atoms. The van der Waals surface area contributed by atoms with Gasteiger partial charge in [-0.15, -0.1) is 0 Å². The third-order valence-corrected chi connectivity index (χ3v) is 5.02. The third-order valence-electron chi connectivity index (χ3n) is 4.55. The molecule has 3 nitrogen and oxygen atoms in total. The average Bonchev–Trinajstić information content (AvgIpc) is 2.55. The van der Waals surface area contributed by atoms with Gasteiger partial charge in [-0.25, -0.2) is 4.39 Å². The van der Waals surface area contributed by atoms with Gasteiger partial charge in [0.15, 0.2) is 0 Å². The Balaban J connectivity index is 2.15. The van der Waals surface area contributed by atoms with Gasteiger partial charge in [0.25, 0.3) is 0 Å². The lowest BCUT2D eigenvalue weighted by Gasteiger charge is -2.44. The molecule has 0 heterocycles. The lowest BCUT2D eigenvalue weighted by Crippen LogP contribution is -2.52. The van der Waals surface area contributed by atoms with Gasteiger partial charge in [0.05, 0.1) is 0 Å². The van der Waals surface area contributed by atoms with Crippen LogP contribution >= 0.6 is 12.0 Å². The molecule has 1 aliphatic carbocycles. The normalized spacial score (nSPS) is 19.0. The summed E-state index contributed by atoms with van der Waals surface area (Å²) in [4.78, 5) is 0. The van der Waals surface area contributed by atoms with E-state index in [2.05, 4.69) is 5.32 Å². The molecular formula is C17H26FNO2S. The number of methoxy groups -OCH3 is 1. The Labute approximate surface area is 136 Å². The summed E-state index contributed by atoms with van der Waals surface area (Å²) in [5.74, 6) is 0.515. The van der Waals surface area contributed by atoms with E-state index < -0.39 is 0 Å². The third kappa shape index (κ3) is 4.44. The van der Waals surface area contributed by atoms with Crippen LogP contribution in [0.15, 0.2) is 24.3 Å². The lowest BCUT2D eigenvalue weighted by atomic mass is 9.75. The highest BCUT2D eigenvalue weighted by molar-refractivity contribution is 7.93. The molecule has 5 heteroatoms. The zero-order chi connectivity index (χ0) is 15.8. The molecular weight excluding hydrogens is 301 g/mol. The number of hydrogen-bond donors (Lipinski definition) is 2. The van der Waals surface area contributed by atoms with Crippen LogP contribution in [0.25, 0.3) is 0 Å². The summed E-state index contributed by atoms with van der Waals surface area (Å²) >= 11 is 0.886. The van der Waals surface area contributed by atoms with E-state index in [1.54, 1.807) is 7.11 Å². The van der Waals surface area contributed by atoms with Crippen LogP contribution in [0.4, 0.5) is 4.39 Å². The highest BCUT2D eigenvalue weighted by atomic mass is 32.2. The highest BCUT2D eigenvalue weighted by Gasteiger charge is 2.40. The second-order valence-electron chi connectivity index (χ2n) is 6.00. The van der Waals surface area contributed by atoms with Crippen molar-refractivity contribution in [3.05, 3.63) is 35.6 Å². The first-order chi connectivity index (χ1) is 10.7. The summed E-state index contributed by atoms with van der Waals surface area (Å²) in [6.07, 6.45) is 6.60. The van der Waals surface area contributed by atoms with E-state index in [1.807, 2.05) is 12.1 Å².